The molecule has 198 valence electrons. The summed E-state index contributed by atoms with van der Waals surface area (Å²) in [5.74, 6) is -0.865. The molecule has 2 amide bonds. The number of nitrogens with one attached hydrogen (secondary N) is 2. The quantitative estimate of drug-likeness (QED) is 0.527. The second-order valence-corrected chi connectivity index (χ2v) is 9.52. The number of pyridine rings is 1. The molecule has 1 unspecified atom stereocenters. The molecule has 3 heterocycles. The molecule has 0 spiro atoms. The van der Waals surface area contributed by atoms with Gasteiger partial charge in [0.15, 0.2) is 0 Å². The van der Waals surface area contributed by atoms with Gasteiger partial charge in [-0.25, -0.2) is 0 Å². The number of halogens is 3. The van der Waals surface area contributed by atoms with E-state index in [0.29, 0.717) is 31.9 Å². The lowest BCUT2D eigenvalue weighted by Gasteiger charge is -2.45. The number of aromatic nitrogens is 1. The number of amides is 2. The van der Waals surface area contributed by atoms with Crippen molar-refractivity contribution >= 4 is 23.2 Å². The van der Waals surface area contributed by atoms with Gasteiger partial charge < -0.3 is 20.3 Å². The standard InChI is InChI=1S/C28H27F3N4O3/c1-16-3-6-20(34-26(36)19-7-8-33-25(13-19)28(29,30)31)14-21(16)17-4-5-18-11-22(27(37)32-2)24-15-38-10-9-35(24)23(18)12-17/h3-8,12-14,22,24H,9-11,15H2,1-2H3,(H,32,37)(H,34,36)/t22?,24-/m0/s1. The van der Waals surface area contributed by atoms with Crippen LogP contribution in [0.2, 0.25) is 0 Å². The van der Waals surface area contributed by atoms with Crippen LogP contribution in [0.4, 0.5) is 24.5 Å². The zero-order valence-corrected chi connectivity index (χ0v) is 20.9. The highest BCUT2D eigenvalue weighted by Crippen LogP contribution is 2.39. The second kappa shape index (κ2) is 10.1. The van der Waals surface area contributed by atoms with Crippen molar-refractivity contribution < 1.29 is 27.5 Å². The summed E-state index contributed by atoms with van der Waals surface area (Å²) in [7, 11) is 1.65. The number of nitrogens with zero attached hydrogens (tertiary/aromatic N) is 2. The molecule has 10 heteroatoms. The van der Waals surface area contributed by atoms with Crippen molar-refractivity contribution in [2.24, 2.45) is 5.92 Å². The third kappa shape index (κ3) is 4.96. The van der Waals surface area contributed by atoms with Crippen LogP contribution in [-0.4, -0.2) is 49.6 Å². The zero-order valence-electron chi connectivity index (χ0n) is 20.9. The van der Waals surface area contributed by atoms with Crippen LogP contribution in [0.1, 0.15) is 27.2 Å². The highest BCUT2D eigenvalue weighted by Gasteiger charge is 2.40. The number of benzene rings is 2. The Morgan fingerprint density at radius 1 is 1.11 bits per heavy atom. The van der Waals surface area contributed by atoms with Gasteiger partial charge in [-0.15, -0.1) is 0 Å². The van der Waals surface area contributed by atoms with E-state index in [2.05, 4.69) is 26.6 Å². The molecule has 7 nitrogen and oxygen atoms in total. The van der Waals surface area contributed by atoms with E-state index in [1.54, 1.807) is 13.1 Å². The average molecular weight is 525 g/mol. The number of ether oxygens (including phenoxy) is 1. The summed E-state index contributed by atoms with van der Waals surface area (Å²) < 4.78 is 44.8. The number of anilines is 2. The van der Waals surface area contributed by atoms with E-state index in [-0.39, 0.29) is 23.4 Å². The van der Waals surface area contributed by atoms with E-state index in [4.69, 9.17) is 4.74 Å². The Morgan fingerprint density at radius 3 is 2.68 bits per heavy atom. The van der Waals surface area contributed by atoms with Gasteiger partial charge in [-0.3, -0.25) is 14.6 Å². The minimum atomic E-state index is -4.64. The molecular formula is C28H27F3N4O3. The highest BCUT2D eigenvalue weighted by molar-refractivity contribution is 6.04. The van der Waals surface area contributed by atoms with Crippen LogP contribution < -0.4 is 15.5 Å². The molecule has 1 aromatic heterocycles. The summed E-state index contributed by atoms with van der Waals surface area (Å²) in [6.45, 7) is 3.69. The van der Waals surface area contributed by atoms with Gasteiger partial charge >= 0.3 is 6.18 Å². The number of carbonyl (C=O) groups excluding carboxylic acids is 2. The first kappa shape index (κ1) is 25.7. The summed E-state index contributed by atoms with van der Waals surface area (Å²) in [6.07, 6.45) is -3.06. The monoisotopic (exact) mass is 524 g/mol. The Labute approximate surface area is 218 Å². The maximum atomic E-state index is 13.0. The molecule has 0 saturated carbocycles. The van der Waals surface area contributed by atoms with Gasteiger partial charge in [0.2, 0.25) is 5.91 Å². The van der Waals surface area contributed by atoms with E-state index in [9.17, 15) is 22.8 Å². The number of fused-ring (bicyclic) bond motifs is 3. The normalized spacial score (nSPS) is 18.8. The van der Waals surface area contributed by atoms with E-state index in [1.807, 2.05) is 31.2 Å². The number of aryl methyl sites for hydroxylation is 1. The third-order valence-electron chi connectivity index (χ3n) is 7.17. The van der Waals surface area contributed by atoms with E-state index < -0.39 is 17.8 Å². The number of hydrogen-bond acceptors (Lipinski definition) is 5. The fourth-order valence-electron chi connectivity index (χ4n) is 5.19. The van der Waals surface area contributed by atoms with Crippen LogP contribution in [0.15, 0.2) is 54.7 Å². The van der Waals surface area contributed by atoms with Gasteiger partial charge in [0, 0.05) is 36.7 Å². The lowest BCUT2D eigenvalue weighted by atomic mass is 9.83. The van der Waals surface area contributed by atoms with Crippen LogP contribution >= 0.6 is 0 Å². The largest absolute Gasteiger partial charge is 0.433 e. The first-order chi connectivity index (χ1) is 18.2. The first-order valence-electron chi connectivity index (χ1n) is 12.3. The molecule has 2 aliphatic heterocycles. The maximum Gasteiger partial charge on any atom is 0.433 e. The van der Waals surface area contributed by atoms with E-state index in [0.717, 1.165) is 40.2 Å². The highest BCUT2D eigenvalue weighted by atomic mass is 19.4. The van der Waals surface area contributed by atoms with E-state index >= 15 is 0 Å². The molecule has 38 heavy (non-hydrogen) atoms. The maximum absolute atomic E-state index is 13.0. The van der Waals surface area contributed by atoms with Gasteiger partial charge in [-0.1, -0.05) is 18.2 Å². The molecule has 1 saturated heterocycles. The van der Waals surface area contributed by atoms with Crippen molar-refractivity contribution in [2.75, 3.05) is 37.0 Å². The lowest BCUT2D eigenvalue weighted by Crippen LogP contribution is -2.56. The second-order valence-electron chi connectivity index (χ2n) is 9.52. The predicted octanol–water partition coefficient (Wildman–Crippen LogP) is 4.45. The fourth-order valence-corrected chi connectivity index (χ4v) is 5.19. The molecule has 2 aromatic carbocycles. The topological polar surface area (TPSA) is 83.6 Å². The van der Waals surface area contributed by atoms with Crippen molar-refractivity contribution in [3.8, 4) is 11.1 Å². The molecule has 2 N–H and O–H groups in total. The summed E-state index contributed by atoms with van der Waals surface area (Å²) in [5.41, 5.74) is 4.14. The Balaban J connectivity index is 1.44. The van der Waals surface area contributed by atoms with Gasteiger partial charge in [0.25, 0.3) is 5.91 Å². The SMILES string of the molecule is CNC(=O)C1Cc2ccc(-c3cc(NC(=O)c4ccnc(C(F)(F)F)c4)ccc3C)cc2N2CCOC[C@@H]12. The first-order valence-corrected chi connectivity index (χ1v) is 12.3. The van der Waals surface area contributed by atoms with Gasteiger partial charge in [-0.2, -0.15) is 13.2 Å². The summed E-state index contributed by atoms with van der Waals surface area (Å²) in [4.78, 5) is 30.9. The summed E-state index contributed by atoms with van der Waals surface area (Å²) in [6, 6.07) is 13.4. The molecule has 1 fully saturated rings. The van der Waals surface area contributed by atoms with Crippen LogP contribution in [0, 0.1) is 12.8 Å². The number of hydrogen-bond donors (Lipinski definition) is 2. The lowest BCUT2D eigenvalue weighted by molar-refractivity contribution is -0.141. The minimum absolute atomic E-state index is 0.00364. The van der Waals surface area contributed by atoms with Crippen LogP contribution in [-0.2, 0) is 22.1 Å². The smallest absolute Gasteiger partial charge is 0.377 e. The molecule has 0 aliphatic carbocycles. The molecular weight excluding hydrogens is 497 g/mol. The van der Waals surface area contributed by atoms with Crippen molar-refractivity contribution in [3.05, 3.63) is 77.1 Å². The van der Waals surface area contributed by atoms with Gasteiger partial charge in [0.1, 0.15) is 5.69 Å². The number of carbonyl (C=O) groups is 2. The Bertz CT molecular complexity index is 1390. The van der Waals surface area contributed by atoms with Crippen LogP contribution in [0.5, 0.6) is 0 Å². The average Bonchev–Trinajstić information content (AvgIpc) is 2.92. The molecule has 3 aromatic rings. The fraction of sp³-hybridized carbons (Fsp3) is 0.321. The molecule has 2 atom stereocenters. The van der Waals surface area contributed by atoms with Crippen LogP contribution in [0.25, 0.3) is 11.1 Å². The molecule has 0 radical (unpaired) electrons. The molecule has 2 aliphatic rings. The summed E-state index contributed by atoms with van der Waals surface area (Å²) in [5, 5.41) is 5.47. The zero-order chi connectivity index (χ0) is 27.0. The van der Waals surface area contributed by atoms with Crippen LogP contribution in [0.3, 0.4) is 0 Å². The molecule has 0 bridgehead atoms. The summed E-state index contributed by atoms with van der Waals surface area (Å²) >= 11 is 0. The van der Waals surface area contributed by atoms with Crippen molar-refractivity contribution in [1.82, 2.24) is 10.3 Å². The van der Waals surface area contributed by atoms with E-state index in [1.165, 1.54) is 6.07 Å². The Kier molecular flexibility index (Phi) is 6.83. The van der Waals surface area contributed by atoms with Gasteiger partial charge in [-0.05, 0) is 65.9 Å². The Hall–Kier alpha value is -3.92. The number of morpholine rings is 1. The number of rotatable bonds is 4. The van der Waals surface area contributed by atoms with Crippen molar-refractivity contribution in [3.63, 3.8) is 0 Å². The van der Waals surface area contributed by atoms with Crippen molar-refractivity contribution in [1.29, 1.82) is 0 Å². The minimum Gasteiger partial charge on any atom is -0.377 e. The number of alkyl halides is 3. The predicted molar refractivity (Wildman–Crippen MR) is 137 cm³/mol. The molecule has 5 rings (SSSR count). The third-order valence-corrected chi connectivity index (χ3v) is 7.17. The van der Waals surface area contributed by atoms with Gasteiger partial charge in [0.05, 0.1) is 25.2 Å². The Morgan fingerprint density at radius 2 is 1.92 bits per heavy atom. The van der Waals surface area contributed by atoms with Crippen molar-refractivity contribution in [2.45, 2.75) is 25.6 Å².